The van der Waals surface area contributed by atoms with Crippen molar-refractivity contribution in [1.82, 2.24) is 14.7 Å². The quantitative estimate of drug-likeness (QED) is 0.355. The molecule has 0 bridgehead atoms. The molecule has 238 valence electrons. The fraction of sp³-hybridized carbons (Fsp3) is 0.562. The van der Waals surface area contributed by atoms with Crippen LogP contribution in [0.4, 0.5) is 18.0 Å². The fourth-order valence-corrected chi connectivity index (χ4v) is 5.87. The Morgan fingerprint density at radius 2 is 1.72 bits per heavy atom. The van der Waals surface area contributed by atoms with E-state index >= 15 is 0 Å². The van der Waals surface area contributed by atoms with Crippen LogP contribution in [-0.2, 0) is 11.2 Å². The van der Waals surface area contributed by atoms with Crippen molar-refractivity contribution in [3.05, 3.63) is 53.1 Å². The molecule has 1 fully saturated rings. The second kappa shape index (κ2) is 15.2. The minimum atomic E-state index is -4.60. The van der Waals surface area contributed by atoms with Gasteiger partial charge in [0.15, 0.2) is 0 Å². The average Bonchev–Trinajstić information content (AvgIpc) is 2.99. The number of ether oxygens (including phenoxy) is 3. The molecule has 2 atom stereocenters. The first kappa shape index (κ1) is 33.9. The number of carbonyl (C=O) groups is 2. The molecule has 2 aliphatic rings. The number of likely N-dealkylation sites (tertiary alicyclic amines) is 1. The molecule has 0 aromatic heterocycles. The lowest BCUT2D eigenvalue weighted by Crippen LogP contribution is -2.52. The Bertz CT molecular complexity index is 1220. The van der Waals surface area contributed by atoms with E-state index in [9.17, 15) is 22.8 Å². The molecule has 0 saturated carbocycles. The van der Waals surface area contributed by atoms with Gasteiger partial charge in [-0.15, -0.1) is 13.2 Å². The molecule has 11 heteroatoms. The van der Waals surface area contributed by atoms with Gasteiger partial charge >= 0.3 is 12.4 Å². The van der Waals surface area contributed by atoms with Gasteiger partial charge in [-0.3, -0.25) is 4.79 Å². The number of amides is 3. The molecular formula is C32H44F3N3O5. The van der Waals surface area contributed by atoms with Crippen LogP contribution in [0.1, 0.15) is 62.8 Å². The molecule has 2 aromatic rings. The first-order chi connectivity index (χ1) is 20.5. The maximum atomic E-state index is 13.6. The highest BCUT2D eigenvalue weighted by molar-refractivity contribution is 5.81. The van der Waals surface area contributed by atoms with Crippen molar-refractivity contribution < 1.29 is 37.0 Å². The predicted octanol–water partition coefficient (Wildman–Crippen LogP) is 6.61. The molecular weight excluding hydrogens is 563 g/mol. The number of fused-ring (bicyclic) bond motifs is 1. The van der Waals surface area contributed by atoms with Gasteiger partial charge in [-0.05, 0) is 75.8 Å². The van der Waals surface area contributed by atoms with E-state index in [1.807, 2.05) is 34.6 Å². The molecule has 2 aliphatic heterocycles. The van der Waals surface area contributed by atoms with Gasteiger partial charge in [0.2, 0.25) is 5.91 Å². The summed E-state index contributed by atoms with van der Waals surface area (Å²) in [5, 5.41) is 0. The fourth-order valence-electron chi connectivity index (χ4n) is 5.87. The van der Waals surface area contributed by atoms with Crippen molar-refractivity contribution in [1.29, 1.82) is 0 Å². The average molecular weight is 608 g/mol. The molecule has 0 spiro atoms. The minimum absolute atomic E-state index is 0.0346. The van der Waals surface area contributed by atoms with Gasteiger partial charge in [0, 0.05) is 44.4 Å². The Kier molecular flexibility index (Phi) is 12.0. The van der Waals surface area contributed by atoms with Crippen LogP contribution in [0, 0.1) is 12.8 Å². The van der Waals surface area contributed by atoms with Gasteiger partial charge in [-0.1, -0.05) is 19.1 Å². The number of alkyl halides is 3. The third kappa shape index (κ3) is 8.70. The zero-order valence-electron chi connectivity index (χ0n) is 26.0. The van der Waals surface area contributed by atoms with Crippen molar-refractivity contribution >= 4 is 11.9 Å². The molecule has 2 unspecified atom stereocenters. The van der Waals surface area contributed by atoms with Crippen LogP contribution in [0.25, 0.3) is 0 Å². The summed E-state index contributed by atoms with van der Waals surface area (Å²) in [5.41, 5.74) is 3.00. The summed E-state index contributed by atoms with van der Waals surface area (Å²) < 4.78 is 49.7. The van der Waals surface area contributed by atoms with Crippen molar-refractivity contribution in [3.8, 4) is 17.2 Å². The highest BCUT2D eigenvalue weighted by Crippen LogP contribution is 2.41. The van der Waals surface area contributed by atoms with E-state index < -0.39 is 6.36 Å². The summed E-state index contributed by atoms with van der Waals surface area (Å²) in [6.45, 7) is 11.1. The van der Waals surface area contributed by atoms with E-state index in [4.69, 9.17) is 9.47 Å². The summed E-state index contributed by atoms with van der Waals surface area (Å²) in [6, 6.07) is 9.74. The number of hydrogen-bond donors (Lipinski definition) is 0. The third-order valence-electron chi connectivity index (χ3n) is 7.96. The van der Waals surface area contributed by atoms with Crippen LogP contribution in [-0.4, -0.2) is 79.9 Å². The van der Waals surface area contributed by atoms with Crippen molar-refractivity contribution in [3.63, 3.8) is 0 Å². The lowest BCUT2D eigenvalue weighted by atomic mass is 9.89. The van der Waals surface area contributed by atoms with E-state index in [2.05, 4.69) is 17.7 Å². The van der Waals surface area contributed by atoms with Gasteiger partial charge < -0.3 is 28.9 Å². The molecule has 1 saturated heterocycles. The van der Waals surface area contributed by atoms with Crippen LogP contribution in [0.15, 0.2) is 36.4 Å². The van der Waals surface area contributed by atoms with Crippen LogP contribution in [0.2, 0.25) is 0 Å². The number of halogens is 3. The molecule has 2 aromatic carbocycles. The van der Waals surface area contributed by atoms with Gasteiger partial charge in [-0.25, -0.2) is 4.79 Å². The number of benzene rings is 2. The zero-order valence-corrected chi connectivity index (χ0v) is 26.0. The van der Waals surface area contributed by atoms with Crippen molar-refractivity contribution in [2.45, 2.75) is 65.8 Å². The Morgan fingerprint density at radius 1 is 1.00 bits per heavy atom. The summed E-state index contributed by atoms with van der Waals surface area (Å²) in [7, 11) is 3.32. The van der Waals surface area contributed by atoms with Crippen LogP contribution in [0.5, 0.6) is 17.2 Å². The number of nitrogens with zero attached hydrogens (tertiary/aromatic N) is 3. The largest absolute Gasteiger partial charge is 0.573 e. The Hall–Kier alpha value is -3.63. The van der Waals surface area contributed by atoms with Crippen LogP contribution in [0.3, 0.4) is 0 Å². The predicted molar refractivity (Wildman–Crippen MR) is 158 cm³/mol. The Morgan fingerprint density at radius 3 is 2.30 bits per heavy atom. The lowest BCUT2D eigenvalue weighted by molar-refractivity contribution is -0.274. The number of methoxy groups -OCH3 is 2. The van der Waals surface area contributed by atoms with Crippen molar-refractivity contribution in [2.24, 2.45) is 5.92 Å². The second-order valence-electron chi connectivity index (χ2n) is 10.7. The topological polar surface area (TPSA) is 71.6 Å². The number of urea groups is 1. The molecule has 0 radical (unpaired) electrons. The van der Waals surface area contributed by atoms with Crippen molar-refractivity contribution in [2.75, 3.05) is 46.9 Å². The van der Waals surface area contributed by atoms with Gasteiger partial charge in [0.05, 0.1) is 26.2 Å². The molecule has 43 heavy (non-hydrogen) atoms. The SMILES string of the molecule is CCC1c2c(cc(OC)cc2OC)CCN1C(=O)N1CCCC(C(=O)N(CC)CC)C1.Cc1cccc(OC(F)(F)F)c1. The summed E-state index contributed by atoms with van der Waals surface area (Å²) in [6.07, 6.45) is -1.32. The number of aryl methyl sites for hydroxylation is 1. The lowest BCUT2D eigenvalue weighted by Gasteiger charge is -2.42. The Labute approximate surface area is 252 Å². The smallest absolute Gasteiger partial charge is 0.497 e. The van der Waals surface area contributed by atoms with E-state index in [0.29, 0.717) is 32.7 Å². The van der Waals surface area contributed by atoms with Crippen LogP contribution >= 0.6 is 0 Å². The summed E-state index contributed by atoms with van der Waals surface area (Å²) in [5.74, 6) is 1.44. The minimum Gasteiger partial charge on any atom is -0.497 e. The number of carbonyl (C=O) groups excluding carboxylic acids is 2. The molecule has 2 heterocycles. The van der Waals surface area contributed by atoms with E-state index in [1.165, 1.54) is 23.8 Å². The van der Waals surface area contributed by atoms with E-state index in [-0.39, 0.29) is 29.6 Å². The summed E-state index contributed by atoms with van der Waals surface area (Å²) >= 11 is 0. The maximum Gasteiger partial charge on any atom is 0.573 e. The Balaban J connectivity index is 0.000000353. The normalized spacial score (nSPS) is 18.2. The molecule has 8 nitrogen and oxygen atoms in total. The monoisotopic (exact) mass is 607 g/mol. The van der Waals surface area contributed by atoms with E-state index in [1.54, 1.807) is 27.2 Å². The zero-order chi connectivity index (χ0) is 31.7. The molecule has 4 rings (SSSR count). The second-order valence-corrected chi connectivity index (χ2v) is 10.7. The van der Waals surface area contributed by atoms with Crippen LogP contribution < -0.4 is 14.2 Å². The maximum absolute atomic E-state index is 13.6. The highest BCUT2D eigenvalue weighted by atomic mass is 19.4. The number of hydrogen-bond acceptors (Lipinski definition) is 5. The van der Waals surface area contributed by atoms with Gasteiger partial charge in [0.1, 0.15) is 17.2 Å². The van der Waals surface area contributed by atoms with Gasteiger partial charge in [0.25, 0.3) is 0 Å². The summed E-state index contributed by atoms with van der Waals surface area (Å²) in [4.78, 5) is 32.2. The molecule has 0 N–H and O–H groups in total. The van der Waals surface area contributed by atoms with Gasteiger partial charge in [-0.2, -0.15) is 0 Å². The molecule has 3 amide bonds. The number of rotatable bonds is 7. The standard InChI is InChI=1S/C24H37N3O4.C8H7F3O/c1-6-20-22-17(14-19(30-4)15-21(22)31-5)11-13-27(20)24(29)26-12-9-10-18(16-26)23(28)25(7-2)8-3;1-6-3-2-4-7(5-6)12-8(9,10)11/h14-15,18,20H,6-13,16H2,1-5H3;2-5H,1H3. The molecule has 0 aliphatic carbocycles. The third-order valence-corrected chi connectivity index (χ3v) is 7.96. The first-order valence-corrected chi connectivity index (χ1v) is 14.9. The number of piperidine rings is 1. The van der Waals surface area contributed by atoms with E-state index in [0.717, 1.165) is 48.3 Å². The first-order valence-electron chi connectivity index (χ1n) is 14.9. The highest BCUT2D eigenvalue weighted by Gasteiger charge is 2.38.